The summed E-state index contributed by atoms with van der Waals surface area (Å²) < 4.78 is 97.1. The number of carbonyl (C=O) groups excluding carboxylic acids is 1. The zero-order valence-corrected chi connectivity index (χ0v) is 24.7. The van der Waals surface area contributed by atoms with Gasteiger partial charge in [-0.25, -0.2) is 23.5 Å². The Balaban J connectivity index is 1.16. The second-order valence-electron chi connectivity index (χ2n) is 10.5. The molecule has 3 heterocycles. The number of benzene rings is 3. The van der Waals surface area contributed by atoms with Gasteiger partial charge in [0.15, 0.2) is 11.5 Å². The van der Waals surface area contributed by atoms with E-state index in [1.165, 1.54) is 12.4 Å². The molecule has 3 aromatic carbocycles. The summed E-state index contributed by atoms with van der Waals surface area (Å²) in [5.74, 6) is -0.903. The Morgan fingerprint density at radius 2 is 1.66 bits per heavy atom. The highest BCUT2D eigenvalue weighted by Gasteiger charge is 2.31. The van der Waals surface area contributed by atoms with Gasteiger partial charge in [0.1, 0.15) is 42.3 Å². The average molecular weight is 662 g/mol. The third kappa shape index (κ3) is 7.55. The summed E-state index contributed by atoms with van der Waals surface area (Å²) in [5.41, 5.74) is -1.82. The molecule has 0 spiro atoms. The number of rotatable bonds is 9. The standard InChI is InChI=1S/C31H28F5N5O6/c32-20-4-2-18(31(34,35)36)14-23(20)40-30(42)39-22-5-3-19(15-21(22)33)47-29-26-24(37-17-38-29)16-25(27-28(26)46-13-12-45-27)44-9-1-6-41-7-10-43-11-8-41/h2-5,14-17H,1,6-13H2,(H2,39,40,42). The van der Waals surface area contributed by atoms with Crippen LogP contribution in [0.2, 0.25) is 0 Å². The molecule has 16 heteroatoms. The second kappa shape index (κ2) is 13.8. The van der Waals surface area contributed by atoms with Crippen molar-refractivity contribution in [3.05, 3.63) is 66.0 Å². The lowest BCUT2D eigenvalue weighted by molar-refractivity contribution is -0.137. The quantitative estimate of drug-likeness (QED) is 0.159. The van der Waals surface area contributed by atoms with Gasteiger partial charge in [0.25, 0.3) is 0 Å². The average Bonchev–Trinajstić information content (AvgIpc) is 3.05. The first-order valence-electron chi connectivity index (χ1n) is 14.6. The van der Waals surface area contributed by atoms with E-state index in [1.807, 2.05) is 5.32 Å². The number of hydrogen-bond acceptors (Lipinski definition) is 9. The summed E-state index contributed by atoms with van der Waals surface area (Å²) >= 11 is 0. The molecule has 2 amide bonds. The van der Waals surface area contributed by atoms with Crippen molar-refractivity contribution in [1.82, 2.24) is 14.9 Å². The van der Waals surface area contributed by atoms with E-state index in [1.54, 1.807) is 6.07 Å². The summed E-state index contributed by atoms with van der Waals surface area (Å²) in [6.45, 7) is 5.02. The summed E-state index contributed by atoms with van der Waals surface area (Å²) in [6, 6.07) is 5.51. The molecule has 1 fully saturated rings. The van der Waals surface area contributed by atoms with Crippen LogP contribution in [0.4, 0.5) is 38.1 Å². The maximum absolute atomic E-state index is 15.0. The molecular weight excluding hydrogens is 633 g/mol. The van der Waals surface area contributed by atoms with E-state index in [4.69, 9.17) is 23.7 Å². The van der Waals surface area contributed by atoms with Crippen molar-refractivity contribution < 1.29 is 50.4 Å². The predicted octanol–water partition coefficient (Wildman–Crippen LogP) is 6.24. The highest BCUT2D eigenvalue weighted by molar-refractivity contribution is 6.00. The van der Waals surface area contributed by atoms with Crippen LogP contribution < -0.4 is 29.6 Å². The van der Waals surface area contributed by atoms with Crippen LogP contribution in [0.15, 0.2) is 48.8 Å². The minimum Gasteiger partial charge on any atom is -0.489 e. The van der Waals surface area contributed by atoms with Crippen LogP contribution >= 0.6 is 0 Å². The first kappa shape index (κ1) is 32.0. The van der Waals surface area contributed by atoms with E-state index in [2.05, 4.69) is 20.2 Å². The molecule has 11 nitrogen and oxygen atoms in total. The Labute approximate surface area is 264 Å². The number of morpholine rings is 1. The van der Waals surface area contributed by atoms with Gasteiger partial charge in [0, 0.05) is 31.8 Å². The van der Waals surface area contributed by atoms with Crippen molar-refractivity contribution in [2.45, 2.75) is 12.6 Å². The summed E-state index contributed by atoms with van der Waals surface area (Å²) in [5, 5.41) is 4.46. The summed E-state index contributed by atoms with van der Waals surface area (Å²) in [6.07, 6.45) is -2.71. The smallest absolute Gasteiger partial charge is 0.416 e. The number of halogens is 5. The fourth-order valence-electron chi connectivity index (χ4n) is 5.01. The molecule has 0 unspecified atom stereocenters. The first-order valence-corrected chi connectivity index (χ1v) is 14.6. The minimum atomic E-state index is -4.75. The number of nitrogens with zero attached hydrogens (tertiary/aromatic N) is 3. The number of aromatic nitrogens is 2. The van der Waals surface area contributed by atoms with Gasteiger partial charge in [-0.05, 0) is 36.8 Å². The predicted molar refractivity (Wildman–Crippen MR) is 158 cm³/mol. The van der Waals surface area contributed by atoms with Crippen molar-refractivity contribution in [3.63, 3.8) is 0 Å². The monoisotopic (exact) mass is 661 g/mol. The molecule has 248 valence electrons. The number of hydrogen-bond donors (Lipinski definition) is 2. The molecule has 2 N–H and O–H groups in total. The molecule has 0 saturated carbocycles. The third-order valence-corrected chi connectivity index (χ3v) is 7.27. The van der Waals surface area contributed by atoms with Crippen molar-refractivity contribution in [2.24, 2.45) is 0 Å². The minimum absolute atomic E-state index is 0.00806. The maximum atomic E-state index is 15.0. The van der Waals surface area contributed by atoms with Crippen molar-refractivity contribution in [2.75, 3.05) is 63.3 Å². The molecule has 0 aliphatic carbocycles. The first-order chi connectivity index (χ1) is 22.7. The van der Waals surface area contributed by atoms with E-state index >= 15 is 4.39 Å². The van der Waals surface area contributed by atoms with Crippen LogP contribution in [0.3, 0.4) is 0 Å². The largest absolute Gasteiger partial charge is 0.489 e. The number of urea groups is 1. The number of nitrogens with one attached hydrogen (secondary N) is 2. The SMILES string of the molecule is O=C(Nc1ccc(Oc2ncnc3cc(OCCCN4CCOCC4)c4c(c23)OCCO4)cc1F)Nc1cc(C(F)(F)F)ccc1F. The van der Waals surface area contributed by atoms with Crippen molar-refractivity contribution in [1.29, 1.82) is 0 Å². The van der Waals surface area contributed by atoms with E-state index in [9.17, 15) is 22.4 Å². The Bertz CT molecular complexity index is 1770. The number of alkyl halides is 3. The molecule has 4 aromatic rings. The van der Waals surface area contributed by atoms with Crippen LogP contribution in [0, 0.1) is 11.6 Å². The van der Waals surface area contributed by atoms with Gasteiger partial charge in [0.2, 0.25) is 11.6 Å². The van der Waals surface area contributed by atoms with Crippen LogP contribution in [0.5, 0.6) is 28.9 Å². The van der Waals surface area contributed by atoms with Crippen LogP contribution in [-0.2, 0) is 10.9 Å². The van der Waals surface area contributed by atoms with Gasteiger partial charge < -0.3 is 34.3 Å². The molecule has 0 radical (unpaired) electrons. The topological polar surface area (TPSA) is 116 Å². The van der Waals surface area contributed by atoms with Gasteiger partial charge >= 0.3 is 12.2 Å². The van der Waals surface area contributed by atoms with E-state index in [0.29, 0.717) is 72.8 Å². The lowest BCUT2D eigenvalue weighted by Gasteiger charge is -2.26. The molecule has 6 rings (SSSR count). The molecule has 47 heavy (non-hydrogen) atoms. The molecule has 1 saturated heterocycles. The second-order valence-corrected chi connectivity index (χ2v) is 10.5. The van der Waals surface area contributed by atoms with E-state index in [0.717, 1.165) is 38.2 Å². The number of ether oxygens (including phenoxy) is 5. The summed E-state index contributed by atoms with van der Waals surface area (Å²) in [4.78, 5) is 23.2. The molecule has 0 atom stereocenters. The molecule has 2 aliphatic rings. The fraction of sp³-hybridized carbons (Fsp3) is 0.323. The Morgan fingerprint density at radius 1 is 0.894 bits per heavy atom. The van der Waals surface area contributed by atoms with Gasteiger partial charge in [-0.2, -0.15) is 13.2 Å². The molecule has 0 bridgehead atoms. The molecular formula is C31H28F5N5O6. The number of amides is 2. The van der Waals surface area contributed by atoms with E-state index < -0.39 is 35.1 Å². The maximum Gasteiger partial charge on any atom is 0.416 e. The normalized spacial score (nSPS) is 14.9. The Morgan fingerprint density at radius 3 is 2.43 bits per heavy atom. The highest BCUT2D eigenvalue weighted by atomic mass is 19.4. The van der Waals surface area contributed by atoms with E-state index in [-0.39, 0.29) is 23.9 Å². The van der Waals surface area contributed by atoms with Gasteiger partial charge in [-0.1, -0.05) is 0 Å². The fourth-order valence-corrected chi connectivity index (χ4v) is 5.01. The highest BCUT2D eigenvalue weighted by Crippen LogP contribution is 2.48. The van der Waals surface area contributed by atoms with Gasteiger partial charge in [0.05, 0.1) is 42.3 Å². The lowest BCUT2D eigenvalue weighted by atomic mass is 10.1. The number of anilines is 2. The van der Waals surface area contributed by atoms with Gasteiger partial charge in [-0.15, -0.1) is 0 Å². The molecule has 2 aliphatic heterocycles. The zero-order valence-electron chi connectivity index (χ0n) is 24.7. The van der Waals surface area contributed by atoms with Crippen molar-refractivity contribution in [3.8, 4) is 28.9 Å². The molecule has 1 aromatic heterocycles. The van der Waals surface area contributed by atoms with Crippen LogP contribution in [0.25, 0.3) is 10.9 Å². The number of fused-ring (bicyclic) bond motifs is 3. The van der Waals surface area contributed by atoms with Crippen LogP contribution in [0.1, 0.15) is 12.0 Å². The Hall–Kier alpha value is -4.96. The van der Waals surface area contributed by atoms with Crippen LogP contribution in [-0.4, -0.2) is 73.6 Å². The van der Waals surface area contributed by atoms with Gasteiger partial charge in [-0.3, -0.25) is 4.90 Å². The Kier molecular flexibility index (Phi) is 9.40. The third-order valence-electron chi connectivity index (χ3n) is 7.27. The zero-order chi connectivity index (χ0) is 33.0. The summed E-state index contributed by atoms with van der Waals surface area (Å²) in [7, 11) is 0. The number of carbonyl (C=O) groups is 1. The lowest BCUT2D eigenvalue weighted by Crippen LogP contribution is -2.37. The van der Waals surface area contributed by atoms with Crippen molar-refractivity contribution >= 4 is 28.3 Å².